The normalized spacial score (nSPS) is 10.8. The number of benzene rings is 1. The molecule has 1 radical (unpaired) electrons. The van der Waals surface area contributed by atoms with Crippen LogP contribution in [0.1, 0.15) is 18.4 Å². The molecule has 1 aromatic rings. The molecule has 0 amide bonds. The highest BCUT2D eigenvalue weighted by atomic mass is 35.5. The standard InChI is InChI=1S/C9H8Cl3/c1-5(2)6-3-8(11)9(12)4-7(6)10/h3-5H,1H2,2H3. The second-order valence-corrected chi connectivity index (χ2v) is 3.91. The van der Waals surface area contributed by atoms with Gasteiger partial charge >= 0.3 is 0 Å². The van der Waals surface area contributed by atoms with Crippen molar-refractivity contribution in [3.05, 3.63) is 39.7 Å². The molecule has 0 aromatic heterocycles. The van der Waals surface area contributed by atoms with Crippen molar-refractivity contribution >= 4 is 34.8 Å². The van der Waals surface area contributed by atoms with E-state index in [9.17, 15) is 0 Å². The molecule has 0 nitrogen and oxygen atoms in total. The van der Waals surface area contributed by atoms with Gasteiger partial charge in [0.25, 0.3) is 0 Å². The molecule has 0 aliphatic carbocycles. The summed E-state index contributed by atoms with van der Waals surface area (Å²) in [6, 6.07) is 3.40. The van der Waals surface area contributed by atoms with Crippen molar-refractivity contribution < 1.29 is 0 Å². The van der Waals surface area contributed by atoms with Crippen molar-refractivity contribution in [2.45, 2.75) is 12.8 Å². The molecule has 0 heterocycles. The number of hydrogen-bond acceptors (Lipinski definition) is 0. The predicted molar refractivity (Wildman–Crippen MR) is 55.2 cm³/mol. The summed E-state index contributed by atoms with van der Waals surface area (Å²) in [5, 5.41) is 1.62. The Kier molecular flexibility index (Phi) is 3.28. The van der Waals surface area contributed by atoms with E-state index in [1.807, 2.05) is 6.92 Å². The van der Waals surface area contributed by atoms with E-state index >= 15 is 0 Å². The van der Waals surface area contributed by atoms with Crippen LogP contribution in [0, 0.1) is 6.92 Å². The Balaban J connectivity index is 3.23. The Morgan fingerprint density at radius 3 is 2.08 bits per heavy atom. The fourth-order valence-corrected chi connectivity index (χ4v) is 1.66. The maximum atomic E-state index is 5.91. The van der Waals surface area contributed by atoms with E-state index in [1.165, 1.54) is 0 Å². The van der Waals surface area contributed by atoms with Gasteiger partial charge in [0.15, 0.2) is 0 Å². The molecule has 0 N–H and O–H groups in total. The first-order chi connectivity index (χ1) is 5.52. The van der Waals surface area contributed by atoms with E-state index in [0.717, 1.165) is 5.56 Å². The Morgan fingerprint density at radius 2 is 1.58 bits per heavy atom. The summed E-state index contributed by atoms with van der Waals surface area (Å²) in [5.74, 6) is 0.118. The molecule has 0 bridgehead atoms. The molecular formula is C9H8Cl3. The molecule has 0 fully saturated rings. The molecule has 0 aliphatic heterocycles. The molecule has 0 saturated heterocycles. The first kappa shape index (κ1) is 10.2. The Labute approximate surface area is 87.4 Å². The molecule has 0 saturated carbocycles. The van der Waals surface area contributed by atoms with Crippen LogP contribution in [-0.4, -0.2) is 0 Å². The first-order valence-corrected chi connectivity index (χ1v) is 4.63. The van der Waals surface area contributed by atoms with Crippen LogP contribution in [0.15, 0.2) is 12.1 Å². The Morgan fingerprint density at radius 1 is 1.08 bits per heavy atom. The van der Waals surface area contributed by atoms with Crippen LogP contribution in [0.5, 0.6) is 0 Å². The van der Waals surface area contributed by atoms with Gasteiger partial charge in [0, 0.05) is 5.02 Å². The molecule has 1 aromatic carbocycles. The zero-order valence-corrected chi connectivity index (χ0v) is 8.84. The highest BCUT2D eigenvalue weighted by Gasteiger charge is 2.08. The topological polar surface area (TPSA) is 0 Å². The summed E-state index contributed by atoms with van der Waals surface area (Å²) in [4.78, 5) is 0. The maximum absolute atomic E-state index is 5.91. The largest absolute Gasteiger partial charge is 0.0840 e. The zero-order chi connectivity index (χ0) is 9.30. The van der Waals surface area contributed by atoms with Gasteiger partial charge < -0.3 is 0 Å². The summed E-state index contributed by atoms with van der Waals surface area (Å²) in [5.41, 5.74) is 0.922. The van der Waals surface area contributed by atoms with Crippen molar-refractivity contribution in [3.63, 3.8) is 0 Å². The van der Waals surface area contributed by atoms with Crippen LogP contribution < -0.4 is 0 Å². The average molecular weight is 223 g/mol. The summed E-state index contributed by atoms with van der Waals surface area (Å²) in [6.45, 7) is 5.80. The van der Waals surface area contributed by atoms with E-state index in [2.05, 4.69) is 6.92 Å². The molecule has 0 aliphatic rings. The monoisotopic (exact) mass is 221 g/mol. The van der Waals surface area contributed by atoms with Gasteiger partial charge in [0.1, 0.15) is 0 Å². The third-order valence-electron chi connectivity index (χ3n) is 1.57. The van der Waals surface area contributed by atoms with Crippen LogP contribution in [0.4, 0.5) is 0 Å². The summed E-state index contributed by atoms with van der Waals surface area (Å²) < 4.78 is 0. The highest BCUT2D eigenvalue weighted by Crippen LogP contribution is 2.32. The molecule has 1 rings (SSSR count). The minimum absolute atomic E-state index is 0.118. The quantitative estimate of drug-likeness (QED) is 0.610. The minimum Gasteiger partial charge on any atom is -0.0840 e. The van der Waals surface area contributed by atoms with Gasteiger partial charge in [-0.1, -0.05) is 41.7 Å². The van der Waals surface area contributed by atoms with Crippen molar-refractivity contribution in [1.82, 2.24) is 0 Å². The fraction of sp³-hybridized carbons (Fsp3) is 0.222. The SMILES string of the molecule is [CH2]C(C)c1cc(Cl)c(Cl)cc1Cl. The predicted octanol–water partition coefficient (Wildman–Crippen LogP) is 4.58. The maximum Gasteiger partial charge on any atom is 0.0607 e. The highest BCUT2D eigenvalue weighted by molar-refractivity contribution is 6.43. The van der Waals surface area contributed by atoms with Crippen LogP contribution >= 0.6 is 34.8 Å². The molecule has 1 atom stereocenters. The second kappa shape index (κ2) is 3.87. The molecule has 1 unspecified atom stereocenters. The first-order valence-electron chi connectivity index (χ1n) is 3.50. The van der Waals surface area contributed by atoms with Gasteiger partial charge in [-0.3, -0.25) is 0 Å². The average Bonchev–Trinajstić information content (AvgIpc) is 1.96. The fourth-order valence-electron chi connectivity index (χ4n) is 0.916. The van der Waals surface area contributed by atoms with E-state index in [1.54, 1.807) is 12.1 Å². The third kappa shape index (κ3) is 2.07. The van der Waals surface area contributed by atoms with E-state index in [4.69, 9.17) is 34.8 Å². The van der Waals surface area contributed by atoms with Crippen LogP contribution in [0.3, 0.4) is 0 Å². The Hall–Kier alpha value is 0.0900. The molecule has 0 spiro atoms. The number of halogens is 3. The van der Waals surface area contributed by atoms with Gasteiger partial charge in [0.05, 0.1) is 10.0 Å². The zero-order valence-electron chi connectivity index (χ0n) is 6.57. The van der Waals surface area contributed by atoms with Gasteiger partial charge in [-0.25, -0.2) is 0 Å². The number of hydrogen-bond donors (Lipinski definition) is 0. The van der Waals surface area contributed by atoms with Crippen molar-refractivity contribution in [2.75, 3.05) is 0 Å². The van der Waals surface area contributed by atoms with Crippen molar-refractivity contribution in [2.24, 2.45) is 0 Å². The number of rotatable bonds is 1. The lowest BCUT2D eigenvalue weighted by Gasteiger charge is -2.08. The molecule has 3 heteroatoms. The second-order valence-electron chi connectivity index (χ2n) is 2.69. The summed E-state index contributed by atoms with van der Waals surface area (Å²) in [7, 11) is 0. The molecular weight excluding hydrogens is 214 g/mol. The van der Waals surface area contributed by atoms with Gasteiger partial charge in [0.2, 0.25) is 0 Å². The smallest absolute Gasteiger partial charge is 0.0607 e. The van der Waals surface area contributed by atoms with Crippen LogP contribution in [-0.2, 0) is 0 Å². The summed E-state index contributed by atoms with van der Waals surface area (Å²) in [6.07, 6.45) is 0. The van der Waals surface area contributed by atoms with Crippen molar-refractivity contribution in [1.29, 1.82) is 0 Å². The van der Waals surface area contributed by atoms with Gasteiger partial charge in [-0.05, 0) is 30.5 Å². The lowest BCUT2D eigenvalue weighted by atomic mass is 10.0. The lowest BCUT2D eigenvalue weighted by Crippen LogP contribution is -1.89. The van der Waals surface area contributed by atoms with Crippen molar-refractivity contribution in [3.8, 4) is 0 Å². The lowest BCUT2D eigenvalue weighted by molar-refractivity contribution is 0.965. The molecule has 65 valence electrons. The Bertz CT molecular complexity index is 292. The van der Waals surface area contributed by atoms with E-state index < -0.39 is 0 Å². The van der Waals surface area contributed by atoms with E-state index in [0.29, 0.717) is 15.1 Å². The third-order valence-corrected chi connectivity index (χ3v) is 2.62. The summed E-state index contributed by atoms with van der Waals surface area (Å²) >= 11 is 17.5. The van der Waals surface area contributed by atoms with E-state index in [-0.39, 0.29) is 5.92 Å². The van der Waals surface area contributed by atoms with Crippen LogP contribution in [0.25, 0.3) is 0 Å². The minimum atomic E-state index is 0.118. The van der Waals surface area contributed by atoms with Crippen LogP contribution in [0.2, 0.25) is 15.1 Å². The van der Waals surface area contributed by atoms with Gasteiger partial charge in [-0.15, -0.1) is 0 Å². The molecule has 12 heavy (non-hydrogen) atoms. The van der Waals surface area contributed by atoms with Gasteiger partial charge in [-0.2, -0.15) is 0 Å².